The molecule has 2 aromatic heterocycles. The maximum atomic E-state index is 5.13. The van der Waals surface area contributed by atoms with Crippen molar-refractivity contribution in [2.45, 2.75) is 17.0 Å². The molecule has 2 rings (SSSR count). The third-order valence-corrected chi connectivity index (χ3v) is 4.04. The average Bonchev–Trinajstić information content (AvgIpc) is 2.96. The molecule has 0 radical (unpaired) electrons. The molecule has 0 saturated heterocycles. The van der Waals surface area contributed by atoms with E-state index in [0.29, 0.717) is 12.4 Å². The number of ether oxygens (including phenoxy) is 1. The molecule has 0 aliphatic heterocycles. The van der Waals surface area contributed by atoms with E-state index < -0.39 is 0 Å². The van der Waals surface area contributed by atoms with Crippen LogP contribution in [-0.4, -0.2) is 35.6 Å². The lowest BCUT2D eigenvalue weighted by molar-refractivity contribution is 0.211. The Kier molecular flexibility index (Phi) is 4.97. The highest BCUT2D eigenvalue weighted by Gasteiger charge is 2.07. The number of methoxy groups -OCH3 is 1. The van der Waals surface area contributed by atoms with Gasteiger partial charge in [-0.1, -0.05) is 28.3 Å². The minimum atomic E-state index is 0.652. The number of hydrogen-bond donors (Lipinski definition) is 1. The molecule has 6 nitrogen and oxygen atoms in total. The van der Waals surface area contributed by atoms with E-state index in [2.05, 4.69) is 20.7 Å². The molecule has 2 heterocycles. The van der Waals surface area contributed by atoms with Crippen LogP contribution in [0.25, 0.3) is 0 Å². The van der Waals surface area contributed by atoms with Crippen LogP contribution in [-0.2, 0) is 10.5 Å². The summed E-state index contributed by atoms with van der Waals surface area (Å²) in [5.74, 6) is 1.56. The standard InChI is InChI=1S/C10H14N4O2S2/c1-7-5-8(16-14-7)6-17-10-13-12-9(18-10)11-3-4-15-2/h5H,3-4,6H2,1-2H3,(H,11,12). The first kappa shape index (κ1) is 13.3. The molecule has 0 amide bonds. The van der Waals surface area contributed by atoms with E-state index in [1.165, 1.54) is 11.3 Å². The molecule has 18 heavy (non-hydrogen) atoms. The van der Waals surface area contributed by atoms with Crippen molar-refractivity contribution >= 4 is 28.2 Å². The number of rotatable bonds is 7. The largest absolute Gasteiger partial charge is 0.383 e. The van der Waals surface area contributed by atoms with E-state index in [4.69, 9.17) is 9.26 Å². The van der Waals surface area contributed by atoms with Gasteiger partial charge in [-0.3, -0.25) is 0 Å². The monoisotopic (exact) mass is 286 g/mol. The van der Waals surface area contributed by atoms with Crippen molar-refractivity contribution < 1.29 is 9.26 Å². The van der Waals surface area contributed by atoms with Crippen LogP contribution in [0.5, 0.6) is 0 Å². The second-order valence-electron chi connectivity index (χ2n) is 3.52. The van der Waals surface area contributed by atoms with Crippen LogP contribution in [0.2, 0.25) is 0 Å². The molecule has 0 bridgehead atoms. The lowest BCUT2D eigenvalue weighted by Gasteiger charge is -1.98. The van der Waals surface area contributed by atoms with Crippen LogP contribution in [0.1, 0.15) is 11.5 Å². The fourth-order valence-corrected chi connectivity index (χ4v) is 2.87. The first-order chi connectivity index (χ1) is 8.78. The predicted molar refractivity (Wildman–Crippen MR) is 71.1 cm³/mol. The zero-order valence-electron chi connectivity index (χ0n) is 10.2. The summed E-state index contributed by atoms with van der Waals surface area (Å²) in [5, 5.41) is 15.9. The Labute approximate surface area is 113 Å². The summed E-state index contributed by atoms with van der Waals surface area (Å²) in [6, 6.07) is 1.92. The summed E-state index contributed by atoms with van der Waals surface area (Å²) >= 11 is 3.11. The highest BCUT2D eigenvalue weighted by molar-refractivity contribution is 8.00. The SMILES string of the molecule is COCCNc1nnc(SCc2cc(C)no2)s1. The summed E-state index contributed by atoms with van der Waals surface area (Å²) < 4.78 is 11.0. The fraction of sp³-hybridized carbons (Fsp3) is 0.500. The second-order valence-corrected chi connectivity index (χ2v) is 5.72. The Bertz CT molecular complexity index is 486. The Morgan fingerprint density at radius 3 is 3.11 bits per heavy atom. The Balaban J connectivity index is 1.79. The van der Waals surface area contributed by atoms with Crippen molar-refractivity contribution in [2.24, 2.45) is 0 Å². The summed E-state index contributed by atoms with van der Waals surface area (Å²) in [5.41, 5.74) is 0.893. The molecular weight excluding hydrogens is 272 g/mol. The molecule has 0 atom stereocenters. The lowest BCUT2D eigenvalue weighted by Crippen LogP contribution is -2.06. The van der Waals surface area contributed by atoms with Crippen molar-refractivity contribution in [2.75, 3.05) is 25.6 Å². The maximum absolute atomic E-state index is 5.13. The zero-order valence-corrected chi connectivity index (χ0v) is 11.8. The first-order valence-corrected chi connectivity index (χ1v) is 7.19. The molecule has 0 aromatic carbocycles. The first-order valence-electron chi connectivity index (χ1n) is 5.39. The zero-order chi connectivity index (χ0) is 12.8. The quantitative estimate of drug-likeness (QED) is 0.617. The summed E-state index contributed by atoms with van der Waals surface area (Å²) in [7, 11) is 1.67. The van der Waals surface area contributed by atoms with Gasteiger partial charge in [0.05, 0.1) is 18.1 Å². The molecule has 8 heteroatoms. The molecule has 0 saturated carbocycles. The van der Waals surface area contributed by atoms with Crippen molar-refractivity contribution in [3.8, 4) is 0 Å². The average molecular weight is 286 g/mol. The van der Waals surface area contributed by atoms with Gasteiger partial charge >= 0.3 is 0 Å². The minimum Gasteiger partial charge on any atom is -0.383 e. The fourth-order valence-electron chi connectivity index (χ4n) is 1.22. The smallest absolute Gasteiger partial charge is 0.206 e. The maximum Gasteiger partial charge on any atom is 0.206 e. The van der Waals surface area contributed by atoms with Crippen LogP contribution < -0.4 is 5.32 Å². The Morgan fingerprint density at radius 1 is 1.50 bits per heavy atom. The normalized spacial score (nSPS) is 10.8. The number of anilines is 1. The molecule has 1 N–H and O–H groups in total. The molecule has 2 aromatic rings. The van der Waals surface area contributed by atoms with Crippen LogP contribution >= 0.6 is 23.1 Å². The minimum absolute atomic E-state index is 0.652. The van der Waals surface area contributed by atoms with Crippen molar-refractivity contribution in [1.82, 2.24) is 15.4 Å². The van der Waals surface area contributed by atoms with Gasteiger partial charge in [-0.05, 0) is 6.92 Å². The van der Waals surface area contributed by atoms with Gasteiger partial charge in [0.25, 0.3) is 0 Å². The van der Waals surface area contributed by atoms with Gasteiger partial charge in [-0.2, -0.15) is 0 Å². The third-order valence-electron chi connectivity index (χ3n) is 2.00. The highest BCUT2D eigenvalue weighted by Crippen LogP contribution is 2.28. The summed E-state index contributed by atoms with van der Waals surface area (Å²) in [6.45, 7) is 3.29. The number of hydrogen-bond acceptors (Lipinski definition) is 8. The number of aryl methyl sites for hydroxylation is 1. The van der Waals surface area contributed by atoms with Gasteiger partial charge in [0.1, 0.15) is 5.76 Å². The molecule has 0 unspecified atom stereocenters. The molecule has 0 aliphatic rings. The van der Waals surface area contributed by atoms with E-state index >= 15 is 0 Å². The van der Waals surface area contributed by atoms with E-state index in [0.717, 1.165) is 27.5 Å². The number of nitrogens with one attached hydrogen (secondary N) is 1. The van der Waals surface area contributed by atoms with E-state index in [1.807, 2.05) is 13.0 Å². The molecular formula is C10H14N4O2S2. The van der Waals surface area contributed by atoms with Gasteiger partial charge < -0.3 is 14.6 Å². The van der Waals surface area contributed by atoms with Crippen molar-refractivity contribution in [3.05, 3.63) is 17.5 Å². The van der Waals surface area contributed by atoms with Gasteiger partial charge in [-0.25, -0.2) is 0 Å². The topological polar surface area (TPSA) is 73.1 Å². The van der Waals surface area contributed by atoms with Crippen molar-refractivity contribution in [1.29, 1.82) is 0 Å². The Hall–Kier alpha value is -1.12. The van der Waals surface area contributed by atoms with Crippen LogP contribution in [0.3, 0.4) is 0 Å². The highest BCUT2D eigenvalue weighted by atomic mass is 32.2. The number of thioether (sulfide) groups is 1. The van der Waals surface area contributed by atoms with Gasteiger partial charge in [-0.15, -0.1) is 10.2 Å². The summed E-state index contributed by atoms with van der Waals surface area (Å²) in [4.78, 5) is 0. The van der Waals surface area contributed by atoms with E-state index in [-0.39, 0.29) is 0 Å². The third kappa shape index (κ3) is 3.97. The number of nitrogens with zero attached hydrogens (tertiary/aromatic N) is 3. The predicted octanol–water partition coefficient (Wildman–Crippen LogP) is 2.19. The van der Waals surface area contributed by atoms with Crippen LogP contribution in [0.4, 0.5) is 5.13 Å². The van der Waals surface area contributed by atoms with Gasteiger partial charge in [0, 0.05) is 19.7 Å². The summed E-state index contributed by atoms with van der Waals surface area (Å²) in [6.07, 6.45) is 0. The second kappa shape index (κ2) is 6.72. The van der Waals surface area contributed by atoms with E-state index in [9.17, 15) is 0 Å². The van der Waals surface area contributed by atoms with Crippen LogP contribution in [0.15, 0.2) is 14.9 Å². The molecule has 0 fully saturated rings. The van der Waals surface area contributed by atoms with Crippen molar-refractivity contribution in [3.63, 3.8) is 0 Å². The molecule has 98 valence electrons. The van der Waals surface area contributed by atoms with Crippen LogP contribution in [0, 0.1) is 6.92 Å². The van der Waals surface area contributed by atoms with Gasteiger partial charge in [0.2, 0.25) is 5.13 Å². The Morgan fingerprint density at radius 2 is 2.39 bits per heavy atom. The van der Waals surface area contributed by atoms with E-state index in [1.54, 1.807) is 18.9 Å². The molecule has 0 aliphatic carbocycles. The lowest BCUT2D eigenvalue weighted by atomic mass is 10.4. The van der Waals surface area contributed by atoms with Gasteiger partial charge in [0.15, 0.2) is 4.34 Å². The number of aromatic nitrogens is 3. The molecule has 0 spiro atoms.